The quantitative estimate of drug-likeness (QED) is 0.351. The number of carbonyl (C=O) groups excluding carboxylic acids is 1. The van der Waals surface area contributed by atoms with Crippen LogP contribution in [0.5, 0.6) is 5.75 Å². The SMILES string of the molecule is CC(C)c1ccc(OCCCn2c(CCNC(=O)c3ccccn3)nc3ccccc32)cc1. The molecule has 33 heavy (non-hydrogen) atoms. The molecular formula is C27H30N4O2. The van der Waals surface area contributed by atoms with Gasteiger partial charge in [-0.05, 0) is 54.3 Å². The Balaban J connectivity index is 1.35. The van der Waals surface area contributed by atoms with Gasteiger partial charge in [0.25, 0.3) is 5.91 Å². The topological polar surface area (TPSA) is 69.0 Å². The maximum Gasteiger partial charge on any atom is 0.269 e. The molecule has 0 spiro atoms. The van der Waals surface area contributed by atoms with Crippen molar-refractivity contribution in [3.63, 3.8) is 0 Å². The van der Waals surface area contributed by atoms with Crippen LogP contribution in [-0.2, 0) is 13.0 Å². The standard InChI is InChI=1S/C27H30N4O2/c1-20(2)21-11-13-22(14-12-21)33-19-7-18-31-25-10-4-3-8-23(25)30-26(31)15-17-29-27(32)24-9-5-6-16-28-24/h3-6,8-14,16,20H,7,15,17-19H2,1-2H3,(H,29,32). The highest BCUT2D eigenvalue weighted by Crippen LogP contribution is 2.20. The van der Waals surface area contributed by atoms with Crippen LogP contribution in [0.15, 0.2) is 72.9 Å². The number of ether oxygens (including phenoxy) is 1. The summed E-state index contributed by atoms with van der Waals surface area (Å²) in [5.41, 5.74) is 3.80. The van der Waals surface area contributed by atoms with Gasteiger partial charge in [-0.1, -0.05) is 44.2 Å². The molecule has 0 radical (unpaired) electrons. The maximum absolute atomic E-state index is 12.3. The fourth-order valence-electron chi connectivity index (χ4n) is 3.80. The number of hydrogen-bond acceptors (Lipinski definition) is 4. The number of amides is 1. The lowest BCUT2D eigenvalue weighted by Gasteiger charge is -2.12. The van der Waals surface area contributed by atoms with E-state index in [1.165, 1.54) is 5.56 Å². The van der Waals surface area contributed by atoms with Gasteiger partial charge >= 0.3 is 0 Å². The van der Waals surface area contributed by atoms with Gasteiger partial charge in [0, 0.05) is 25.7 Å². The van der Waals surface area contributed by atoms with Crippen LogP contribution in [0.25, 0.3) is 11.0 Å². The molecule has 0 saturated heterocycles. The molecule has 0 fully saturated rings. The van der Waals surface area contributed by atoms with E-state index < -0.39 is 0 Å². The van der Waals surface area contributed by atoms with Gasteiger partial charge in [0.05, 0.1) is 17.6 Å². The molecule has 170 valence electrons. The van der Waals surface area contributed by atoms with E-state index in [0.717, 1.165) is 35.6 Å². The number of carbonyl (C=O) groups is 1. The smallest absolute Gasteiger partial charge is 0.269 e. The molecule has 2 aromatic heterocycles. The minimum absolute atomic E-state index is 0.171. The van der Waals surface area contributed by atoms with E-state index in [1.54, 1.807) is 18.3 Å². The van der Waals surface area contributed by atoms with Crippen molar-refractivity contribution in [2.24, 2.45) is 0 Å². The number of para-hydroxylation sites is 2. The first-order valence-corrected chi connectivity index (χ1v) is 11.5. The molecule has 4 rings (SSSR count). The summed E-state index contributed by atoms with van der Waals surface area (Å²) in [5.74, 6) is 2.20. The molecule has 0 aliphatic rings. The van der Waals surface area contributed by atoms with Gasteiger partial charge in [-0.3, -0.25) is 9.78 Å². The average molecular weight is 443 g/mol. The molecule has 0 bridgehead atoms. The second-order valence-corrected chi connectivity index (χ2v) is 8.32. The molecule has 6 nitrogen and oxygen atoms in total. The molecule has 4 aromatic rings. The Morgan fingerprint density at radius 3 is 2.58 bits per heavy atom. The lowest BCUT2D eigenvalue weighted by Crippen LogP contribution is -2.27. The number of hydrogen-bond donors (Lipinski definition) is 1. The van der Waals surface area contributed by atoms with Crippen molar-refractivity contribution in [3.05, 3.63) is 90.0 Å². The molecule has 0 saturated carbocycles. The molecular weight excluding hydrogens is 412 g/mol. The van der Waals surface area contributed by atoms with Gasteiger partial charge < -0.3 is 14.6 Å². The minimum atomic E-state index is -0.171. The molecule has 2 aromatic carbocycles. The number of aryl methyl sites for hydroxylation is 1. The second-order valence-electron chi connectivity index (χ2n) is 8.32. The molecule has 0 unspecified atom stereocenters. The van der Waals surface area contributed by atoms with Crippen LogP contribution < -0.4 is 10.1 Å². The average Bonchev–Trinajstić information content (AvgIpc) is 3.20. The third-order valence-corrected chi connectivity index (χ3v) is 5.61. The van der Waals surface area contributed by atoms with E-state index in [-0.39, 0.29) is 5.91 Å². The number of nitrogens with zero attached hydrogens (tertiary/aromatic N) is 3. The molecule has 1 amide bonds. The highest BCUT2D eigenvalue weighted by molar-refractivity contribution is 5.92. The van der Waals surface area contributed by atoms with E-state index in [1.807, 2.05) is 36.4 Å². The Labute approximate surface area is 194 Å². The van der Waals surface area contributed by atoms with Crippen LogP contribution in [0, 0.1) is 0 Å². The van der Waals surface area contributed by atoms with Crippen LogP contribution >= 0.6 is 0 Å². The second kappa shape index (κ2) is 10.8. The Morgan fingerprint density at radius 1 is 1.03 bits per heavy atom. The third kappa shape index (κ3) is 5.77. The van der Waals surface area contributed by atoms with Gasteiger partial charge in [-0.2, -0.15) is 0 Å². The Bertz CT molecular complexity index is 1180. The number of imidazole rings is 1. The fraction of sp³-hybridized carbons (Fsp3) is 0.296. The summed E-state index contributed by atoms with van der Waals surface area (Å²) >= 11 is 0. The molecule has 0 atom stereocenters. The molecule has 1 N–H and O–H groups in total. The first-order valence-electron chi connectivity index (χ1n) is 11.5. The van der Waals surface area contributed by atoms with Crippen molar-refractivity contribution in [3.8, 4) is 5.75 Å². The summed E-state index contributed by atoms with van der Waals surface area (Å²) in [5, 5.41) is 2.94. The van der Waals surface area contributed by atoms with E-state index in [0.29, 0.717) is 31.2 Å². The van der Waals surface area contributed by atoms with Gasteiger partial charge in [-0.15, -0.1) is 0 Å². The summed E-state index contributed by atoms with van der Waals surface area (Å²) in [6.45, 7) is 6.30. The Hall–Kier alpha value is -3.67. The minimum Gasteiger partial charge on any atom is -0.494 e. The lowest BCUT2D eigenvalue weighted by atomic mass is 10.0. The highest BCUT2D eigenvalue weighted by atomic mass is 16.5. The van der Waals surface area contributed by atoms with Crippen LogP contribution in [0.3, 0.4) is 0 Å². The van der Waals surface area contributed by atoms with Crippen LogP contribution in [0.1, 0.15) is 48.1 Å². The Kier molecular flexibility index (Phi) is 7.35. The van der Waals surface area contributed by atoms with Crippen molar-refractivity contribution in [2.45, 2.75) is 39.2 Å². The van der Waals surface area contributed by atoms with E-state index in [4.69, 9.17) is 9.72 Å². The largest absolute Gasteiger partial charge is 0.494 e. The van der Waals surface area contributed by atoms with Crippen LogP contribution in [-0.4, -0.2) is 33.6 Å². The maximum atomic E-state index is 12.3. The van der Waals surface area contributed by atoms with Crippen molar-refractivity contribution in [1.29, 1.82) is 0 Å². The number of aromatic nitrogens is 3. The van der Waals surface area contributed by atoms with Gasteiger partial charge in [0.15, 0.2) is 0 Å². The monoisotopic (exact) mass is 442 g/mol. The summed E-state index contributed by atoms with van der Waals surface area (Å²) in [6, 6.07) is 21.8. The molecule has 2 heterocycles. The van der Waals surface area contributed by atoms with Gasteiger partial charge in [-0.25, -0.2) is 4.98 Å². The number of rotatable bonds is 10. The van der Waals surface area contributed by atoms with Gasteiger partial charge in [0.1, 0.15) is 17.3 Å². The first kappa shape index (κ1) is 22.5. The number of fused-ring (bicyclic) bond motifs is 1. The molecule has 6 heteroatoms. The first-order chi connectivity index (χ1) is 16.1. The van der Waals surface area contributed by atoms with Crippen molar-refractivity contribution >= 4 is 16.9 Å². The van der Waals surface area contributed by atoms with Gasteiger partial charge in [0.2, 0.25) is 0 Å². The van der Waals surface area contributed by atoms with Crippen molar-refractivity contribution in [2.75, 3.05) is 13.2 Å². The number of benzene rings is 2. The zero-order valence-electron chi connectivity index (χ0n) is 19.2. The predicted octanol–water partition coefficient (Wildman–Crippen LogP) is 5.00. The summed E-state index contributed by atoms with van der Waals surface area (Å²) in [7, 11) is 0. The summed E-state index contributed by atoms with van der Waals surface area (Å²) in [4.78, 5) is 21.2. The number of pyridine rings is 1. The van der Waals surface area contributed by atoms with Crippen molar-refractivity contribution in [1.82, 2.24) is 19.9 Å². The normalized spacial score (nSPS) is 11.1. The fourth-order valence-corrected chi connectivity index (χ4v) is 3.80. The lowest BCUT2D eigenvalue weighted by molar-refractivity contribution is 0.0949. The summed E-state index contributed by atoms with van der Waals surface area (Å²) in [6.07, 6.45) is 3.12. The predicted molar refractivity (Wildman–Crippen MR) is 131 cm³/mol. The van der Waals surface area contributed by atoms with Crippen LogP contribution in [0.4, 0.5) is 0 Å². The van der Waals surface area contributed by atoms with E-state index in [9.17, 15) is 4.79 Å². The van der Waals surface area contributed by atoms with E-state index in [2.05, 4.69) is 46.9 Å². The zero-order valence-corrected chi connectivity index (χ0v) is 19.2. The van der Waals surface area contributed by atoms with Crippen molar-refractivity contribution < 1.29 is 9.53 Å². The van der Waals surface area contributed by atoms with Crippen LogP contribution in [0.2, 0.25) is 0 Å². The van der Waals surface area contributed by atoms with E-state index >= 15 is 0 Å². The Morgan fingerprint density at radius 2 is 1.82 bits per heavy atom. The highest BCUT2D eigenvalue weighted by Gasteiger charge is 2.12. The number of nitrogens with one attached hydrogen (secondary N) is 1. The third-order valence-electron chi connectivity index (χ3n) is 5.61. The zero-order chi connectivity index (χ0) is 23.0. The molecule has 0 aliphatic carbocycles. The molecule has 0 aliphatic heterocycles. The summed E-state index contributed by atoms with van der Waals surface area (Å²) < 4.78 is 8.18.